The number of rotatable bonds is 3. The monoisotopic (exact) mass is 247 g/mol. The Morgan fingerprint density at radius 2 is 1.89 bits per heavy atom. The maximum absolute atomic E-state index is 12.8. The van der Waals surface area contributed by atoms with Gasteiger partial charge in [0.25, 0.3) is 5.91 Å². The lowest BCUT2D eigenvalue weighted by Gasteiger charge is -2.15. The lowest BCUT2D eigenvalue weighted by atomic mass is 10.2. The summed E-state index contributed by atoms with van der Waals surface area (Å²) in [5.74, 6) is 1.03. The van der Waals surface area contributed by atoms with Crippen molar-refractivity contribution in [3.05, 3.63) is 59.3 Å². The normalized spacial score (nSPS) is 10.4. The van der Waals surface area contributed by atoms with Crippen LogP contribution in [0.5, 0.6) is 0 Å². The molecule has 1 amide bonds. The predicted molar refractivity (Wildman–Crippen MR) is 65.6 cm³/mol. The van der Waals surface area contributed by atoms with Gasteiger partial charge in [-0.2, -0.15) is 0 Å². The highest BCUT2D eigenvalue weighted by Crippen LogP contribution is 2.11. The number of hydrogen-bond acceptors (Lipinski definition) is 2. The lowest BCUT2D eigenvalue weighted by Crippen LogP contribution is -2.25. The van der Waals surface area contributed by atoms with Crippen LogP contribution >= 0.6 is 0 Å². The van der Waals surface area contributed by atoms with Crippen LogP contribution in [0.1, 0.15) is 21.9 Å². The highest BCUT2D eigenvalue weighted by atomic mass is 19.1. The Morgan fingerprint density at radius 1 is 1.22 bits per heavy atom. The summed E-state index contributed by atoms with van der Waals surface area (Å²) >= 11 is 0. The summed E-state index contributed by atoms with van der Waals surface area (Å²) in [6.07, 6.45) is 0. The summed E-state index contributed by atoms with van der Waals surface area (Å²) in [6, 6.07) is 9.19. The fourth-order valence-corrected chi connectivity index (χ4v) is 1.69. The molecular weight excluding hydrogens is 233 g/mol. The van der Waals surface area contributed by atoms with Crippen LogP contribution in [-0.2, 0) is 6.54 Å². The smallest absolute Gasteiger partial charge is 0.254 e. The average Bonchev–Trinajstić information content (AvgIpc) is 2.75. The molecule has 1 heterocycles. The third-order valence-corrected chi connectivity index (χ3v) is 2.63. The Hall–Kier alpha value is -2.10. The van der Waals surface area contributed by atoms with Gasteiger partial charge in [0.2, 0.25) is 0 Å². The number of amides is 1. The molecular formula is C14H14FNO2. The molecule has 0 aliphatic rings. The van der Waals surface area contributed by atoms with Crippen LogP contribution in [-0.4, -0.2) is 17.9 Å². The van der Waals surface area contributed by atoms with Crippen molar-refractivity contribution in [2.75, 3.05) is 7.05 Å². The van der Waals surface area contributed by atoms with E-state index in [0.717, 1.165) is 11.5 Å². The molecule has 0 fully saturated rings. The SMILES string of the molecule is Cc1ccc(CN(C)C(=O)c2ccc(F)cc2)o1. The van der Waals surface area contributed by atoms with Crippen molar-refractivity contribution in [3.8, 4) is 0 Å². The second-order valence-electron chi connectivity index (χ2n) is 4.18. The van der Waals surface area contributed by atoms with E-state index in [4.69, 9.17) is 4.42 Å². The molecule has 1 aromatic heterocycles. The predicted octanol–water partition coefficient (Wildman–Crippen LogP) is 3.00. The minimum atomic E-state index is -0.351. The molecule has 0 unspecified atom stereocenters. The van der Waals surface area contributed by atoms with E-state index >= 15 is 0 Å². The maximum Gasteiger partial charge on any atom is 0.254 e. The molecule has 0 radical (unpaired) electrons. The number of carbonyl (C=O) groups is 1. The van der Waals surface area contributed by atoms with Crippen molar-refractivity contribution in [3.63, 3.8) is 0 Å². The molecule has 0 atom stereocenters. The van der Waals surface area contributed by atoms with E-state index in [-0.39, 0.29) is 11.7 Å². The van der Waals surface area contributed by atoms with Crippen LogP contribution in [0.2, 0.25) is 0 Å². The van der Waals surface area contributed by atoms with Crippen molar-refractivity contribution < 1.29 is 13.6 Å². The Balaban J connectivity index is 2.07. The quantitative estimate of drug-likeness (QED) is 0.835. The summed E-state index contributed by atoms with van der Waals surface area (Å²) < 4.78 is 18.2. The molecule has 94 valence electrons. The average molecular weight is 247 g/mol. The molecule has 1 aromatic carbocycles. The van der Waals surface area contributed by atoms with Gasteiger partial charge in [-0.25, -0.2) is 4.39 Å². The van der Waals surface area contributed by atoms with Gasteiger partial charge in [-0.1, -0.05) is 0 Å². The van der Waals surface area contributed by atoms with E-state index in [1.54, 1.807) is 7.05 Å². The van der Waals surface area contributed by atoms with E-state index in [1.165, 1.54) is 29.2 Å². The van der Waals surface area contributed by atoms with Gasteiger partial charge < -0.3 is 9.32 Å². The van der Waals surface area contributed by atoms with Gasteiger partial charge in [-0.15, -0.1) is 0 Å². The minimum absolute atomic E-state index is 0.163. The fraction of sp³-hybridized carbons (Fsp3) is 0.214. The van der Waals surface area contributed by atoms with E-state index in [1.807, 2.05) is 19.1 Å². The zero-order valence-corrected chi connectivity index (χ0v) is 10.3. The highest BCUT2D eigenvalue weighted by molar-refractivity contribution is 5.93. The number of hydrogen-bond donors (Lipinski definition) is 0. The molecule has 0 aliphatic heterocycles. The number of furan rings is 1. The van der Waals surface area contributed by atoms with Crippen LogP contribution in [0, 0.1) is 12.7 Å². The number of carbonyl (C=O) groups excluding carboxylic acids is 1. The van der Waals surface area contributed by atoms with Gasteiger partial charge in [0.1, 0.15) is 17.3 Å². The van der Waals surface area contributed by atoms with E-state index in [2.05, 4.69) is 0 Å². The Labute approximate surface area is 105 Å². The van der Waals surface area contributed by atoms with Gasteiger partial charge >= 0.3 is 0 Å². The number of aryl methyl sites for hydroxylation is 1. The molecule has 0 aliphatic carbocycles. The van der Waals surface area contributed by atoms with Crippen LogP contribution < -0.4 is 0 Å². The third-order valence-electron chi connectivity index (χ3n) is 2.63. The lowest BCUT2D eigenvalue weighted by molar-refractivity contribution is 0.0775. The van der Waals surface area contributed by atoms with E-state index < -0.39 is 0 Å². The Morgan fingerprint density at radius 3 is 2.44 bits per heavy atom. The zero-order chi connectivity index (χ0) is 13.1. The largest absolute Gasteiger partial charge is 0.464 e. The molecule has 3 nitrogen and oxygen atoms in total. The van der Waals surface area contributed by atoms with Crippen molar-refractivity contribution >= 4 is 5.91 Å². The molecule has 0 spiro atoms. The summed E-state index contributed by atoms with van der Waals surface area (Å²) in [5.41, 5.74) is 0.460. The fourth-order valence-electron chi connectivity index (χ4n) is 1.69. The van der Waals surface area contributed by atoms with Gasteiger partial charge in [0.15, 0.2) is 0 Å². The molecule has 0 saturated carbocycles. The van der Waals surface area contributed by atoms with Crippen molar-refractivity contribution in [1.29, 1.82) is 0 Å². The molecule has 4 heteroatoms. The highest BCUT2D eigenvalue weighted by Gasteiger charge is 2.13. The minimum Gasteiger partial charge on any atom is -0.464 e. The molecule has 0 bridgehead atoms. The molecule has 18 heavy (non-hydrogen) atoms. The van der Waals surface area contributed by atoms with Crippen molar-refractivity contribution in [2.24, 2.45) is 0 Å². The first-order valence-corrected chi connectivity index (χ1v) is 5.62. The first kappa shape index (κ1) is 12.4. The summed E-state index contributed by atoms with van der Waals surface area (Å²) in [7, 11) is 1.68. The topological polar surface area (TPSA) is 33.5 Å². The molecule has 2 aromatic rings. The standard InChI is InChI=1S/C14H14FNO2/c1-10-3-8-13(18-10)9-16(2)14(17)11-4-6-12(15)7-5-11/h3-8H,9H2,1-2H3. The van der Waals surface area contributed by atoms with Gasteiger partial charge in [-0.3, -0.25) is 4.79 Å². The molecule has 0 saturated heterocycles. The van der Waals surface area contributed by atoms with Crippen molar-refractivity contribution in [2.45, 2.75) is 13.5 Å². The summed E-state index contributed by atoms with van der Waals surface area (Å²) in [5, 5.41) is 0. The first-order valence-electron chi connectivity index (χ1n) is 5.62. The second kappa shape index (κ2) is 5.04. The van der Waals surface area contributed by atoms with Gasteiger partial charge in [0, 0.05) is 12.6 Å². The van der Waals surface area contributed by atoms with Gasteiger partial charge in [-0.05, 0) is 43.3 Å². The third kappa shape index (κ3) is 2.77. The van der Waals surface area contributed by atoms with Crippen LogP contribution in [0.25, 0.3) is 0 Å². The van der Waals surface area contributed by atoms with E-state index in [0.29, 0.717) is 12.1 Å². The Bertz CT molecular complexity index is 545. The Kier molecular flexibility index (Phi) is 3.46. The van der Waals surface area contributed by atoms with Crippen LogP contribution in [0.15, 0.2) is 40.8 Å². The summed E-state index contributed by atoms with van der Waals surface area (Å²) in [6.45, 7) is 2.25. The van der Waals surface area contributed by atoms with Crippen LogP contribution in [0.3, 0.4) is 0 Å². The number of benzene rings is 1. The van der Waals surface area contributed by atoms with Crippen LogP contribution in [0.4, 0.5) is 4.39 Å². The molecule has 0 N–H and O–H groups in total. The van der Waals surface area contributed by atoms with Gasteiger partial charge in [0.05, 0.1) is 6.54 Å². The zero-order valence-electron chi connectivity index (χ0n) is 10.3. The number of halogens is 1. The van der Waals surface area contributed by atoms with Crippen molar-refractivity contribution in [1.82, 2.24) is 4.90 Å². The molecule has 2 rings (SSSR count). The maximum atomic E-state index is 12.8. The first-order chi connectivity index (χ1) is 8.56. The second-order valence-corrected chi connectivity index (χ2v) is 4.18. The van der Waals surface area contributed by atoms with E-state index in [9.17, 15) is 9.18 Å². The summed E-state index contributed by atoms with van der Waals surface area (Å²) in [4.78, 5) is 13.6. The number of nitrogens with zero attached hydrogens (tertiary/aromatic N) is 1.